The van der Waals surface area contributed by atoms with Crippen LogP contribution in [0.1, 0.15) is 25.7 Å². The van der Waals surface area contributed by atoms with Gasteiger partial charge in [-0.15, -0.1) is 0 Å². The average Bonchev–Trinajstić information content (AvgIpc) is 2.24. The molecule has 4 heteroatoms. The number of rotatable bonds is 0. The van der Waals surface area contributed by atoms with E-state index in [2.05, 4.69) is 0 Å². The quantitative estimate of drug-likeness (QED) is 0.554. The summed E-state index contributed by atoms with van der Waals surface area (Å²) in [6.07, 6.45) is 5.34. The van der Waals surface area contributed by atoms with Crippen molar-refractivity contribution in [1.29, 1.82) is 0 Å². The second-order valence-corrected chi connectivity index (χ2v) is 5.05. The van der Waals surface area contributed by atoms with Crippen molar-refractivity contribution in [3.05, 3.63) is 0 Å². The van der Waals surface area contributed by atoms with Crippen LogP contribution in [0.2, 0.25) is 12.1 Å². The number of hydrogen-bond acceptors (Lipinski definition) is 2. The van der Waals surface area contributed by atoms with Crippen molar-refractivity contribution in [2.75, 3.05) is 13.2 Å². The van der Waals surface area contributed by atoms with Gasteiger partial charge in [-0.3, -0.25) is 0 Å². The molecule has 0 unspecified atom stereocenters. The standard InChI is InChI=1S/2C4H8OSi/c2*1-2-4-6-5-3-1/h2*1-4H2. The van der Waals surface area contributed by atoms with Crippen LogP contribution in [-0.2, 0) is 8.85 Å². The minimum Gasteiger partial charge on any atom is -0.417 e. The Balaban J connectivity index is 0.000000120. The number of hydrogen-bond donors (Lipinski definition) is 0. The topological polar surface area (TPSA) is 18.5 Å². The highest BCUT2D eigenvalue weighted by Crippen LogP contribution is 2.01. The molecule has 0 N–H and O–H groups in total. The van der Waals surface area contributed by atoms with E-state index in [1.165, 1.54) is 37.8 Å². The fraction of sp³-hybridized carbons (Fsp3) is 1.00. The molecule has 2 rings (SSSR count). The first-order chi connectivity index (χ1) is 6.00. The van der Waals surface area contributed by atoms with Crippen LogP contribution in [0.4, 0.5) is 0 Å². The minimum atomic E-state index is 0.802. The van der Waals surface area contributed by atoms with Gasteiger partial charge in [0.15, 0.2) is 0 Å². The summed E-state index contributed by atoms with van der Waals surface area (Å²) in [5.74, 6) is 0. The largest absolute Gasteiger partial charge is 0.417 e. The van der Waals surface area contributed by atoms with Crippen molar-refractivity contribution in [2.24, 2.45) is 0 Å². The first-order valence-corrected chi connectivity index (χ1v) is 6.92. The highest BCUT2D eigenvalue weighted by atomic mass is 28.2. The Kier molecular flexibility index (Phi) is 6.93. The first-order valence-electron chi connectivity index (χ1n) is 4.69. The van der Waals surface area contributed by atoms with E-state index in [1.807, 2.05) is 0 Å². The molecule has 0 aromatic heterocycles. The van der Waals surface area contributed by atoms with Crippen LogP contribution in [0.25, 0.3) is 0 Å². The summed E-state index contributed by atoms with van der Waals surface area (Å²) in [5.41, 5.74) is 0. The molecule has 0 amide bonds. The molecule has 0 atom stereocenters. The van der Waals surface area contributed by atoms with Gasteiger partial charge in [0.05, 0.1) is 0 Å². The van der Waals surface area contributed by atoms with Gasteiger partial charge in [-0.05, 0) is 24.9 Å². The molecule has 68 valence electrons. The lowest BCUT2D eigenvalue weighted by Crippen LogP contribution is -2.06. The van der Waals surface area contributed by atoms with Gasteiger partial charge in [0.1, 0.15) is 0 Å². The van der Waals surface area contributed by atoms with Gasteiger partial charge in [-0.1, -0.05) is 12.8 Å². The minimum absolute atomic E-state index is 0.802. The fourth-order valence-electron chi connectivity index (χ4n) is 1.03. The first kappa shape index (κ1) is 10.4. The van der Waals surface area contributed by atoms with E-state index in [9.17, 15) is 0 Å². The van der Waals surface area contributed by atoms with Crippen LogP contribution in [0.3, 0.4) is 0 Å². The molecule has 0 bridgehead atoms. The maximum atomic E-state index is 5.10. The Morgan fingerprint density at radius 2 is 1.17 bits per heavy atom. The molecule has 4 radical (unpaired) electrons. The lowest BCUT2D eigenvalue weighted by atomic mass is 10.4. The lowest BCUT2D eigenvalue weighted by Gasteiger charge is -2.06. The summed E-state index contributed by atoms with van der Waals surface area (Å²) >= 11 is 0. The lowest BCUT2D eigenvalue weighted by molar-refractivity contribution is 0.304. The maximum absolute atomic E-state index is 5.10. The highest BCUT2D eigenvalue weighted by molar-refractivity contribution is 6.27. The van der Waals surface area contributed by atoms with Crippen LogP contribution >= 0.6 is 0 Å². The van der Waals surface area contributed by atoms with Gasteiger partial charge >= 0.3 is 0 Å². The van der Waals surface area contributed by atoms with E-state index in [0.29, 0.717) is 0 Å². The highest BCUT2D eigenvalue weighted by Gasteiger charge is 1.98. The molecule has 0 aromatic carbocycles. The Labute approximate surface area is 79.9 Å². The summed E-state index contributed by atoms with van der Waals surface area (Å²) in [5, 5.41) is 0. The summed E-state index contributed by atoms with van der Waals surface area (Å²) < 4.78 is 10.2. The van der Waals surface area contributed by atoms with Gasteiger partial charge in [0.25, 0.3) is 0 Å². The Bertz CT molecular complexity index is 58.0. The van der Waals surface area contributed by atoms with Crippen LogP contribution in [0.5, 0.6) is 0 Å². The molecule has 2 heterocycles. The normalized spacial score (nSPS) is 24.0. The molecular formula is C8H16O2Si2. The second kappa shape index (κ2) is 7.98. The van der Waals surface area contributed by atoms with E-state index in [1.54, 1.807) is 0 Å². The molecule has 2 nitrogen and oxygen atoms in total. The van der Waals surface area contributed by atoms with Crippen molar-refractivity contribution >= 4 is 19.5 Å². The van der Waals surface area contributed by atoms with Crippen molar-refractivity contribution in [3.63, 3.8) is 0 Å². The summed E-state index contributed by atoms with van der Waals surface area (Å²) in [4.78, 5) is 0. The fourth-order valence-corrected chi connectivity index (χ4v) is 2.69. The van der Waals surface area contributed by atoms with E-state index >= 15 is 0 Å². The van der Waals surface area contributed by atoms with E-state index in [4.69, 9.17) is 8.85 Å². The average molecular weight is 200 g/mol. The molecule has 0 aliphatic carbocycles. The monoisotopic (exact) mass is 200 g/mol. The Hall–Kier alpha value is 0.354. The predicted octanol–water partition coefficient (Wildman–Crippen LogP) is 1.67. The van der Waals surface area contributed by atoms with Crippen molar-refractivity contribution in [2.45, 2.75) is 37.8 Å². The van der Waals surface area contributed by atoms with Crippen LogP contribution in [-0.4, -0.2) is 32.7 Å². The summed E-state index contributed by atoms with van der Waals surface area (Å²) in [6, 6.07) is 2.61. The van der Waals surface area contributed by atoms with E-state index in [0.717, 1.165) is 32.7 Å². The third kappa shape index (κ3) is 5.94. The molecule has 2 saturated heterocycles. The molecule has 0 saturated carbocycles. The smallest absolute Gasteiger partial charge is 0.229 e. The van der Waals surface area contributed by atoms with E-state index in [-0.39, 0.29) is 0 Å². The molecule has 12 heavy (non-hydrogen) atoms. The van der Waals surface area contributed by atoms with Crippen molar-refractivity contribution in [3.8, 4) is 0 Å². The van der Waals surface area contributed by atoms with Crippen LogP contribution in [0, 0.1) is 0 Å². The maximum Gasteiger partial charge on any atom is 0.229 e. The Morgan fingerprint density at radius 1 is 0.667 bits per heavy atom. The molecule has 2 aliphatic heterocycles. The van der Waals surface area contributed by atoms with Crippen molar-refractivity contribution < 1.29 is 8.85 Å². The van der Waals surface area contributed by atoms with Gasteiger partial charge in [0, 0.05) is 13.2 Å². The van der Waals surface area contributed by atoms with Gasteiger partial charge < -0.3 is 8.85 Å². The third-order valence-corrected chi connectivity index (χ3v) is 3.69. The van der Waals surface area contributed by atoms with Crippen LogP contribution < -0.4 is 0 Å². The van der Waals surface area contributed by atoms with Gasteiger partial charge in [-0.25, -0.2) is 0 Å². The zero-order valence-corrected chi connectivity index (χ0v) is 9.47. The second-order valence-electron chi connectivity index (χ2n) is 2.90. The molecule has 2 aliphatic rings. The molecule has 2 fully saturated rings. The van der Waals surface area contributed by atoms with Gasteiger partial charge in [-0.2, -0.15) is 0 Å². The van der Waals surface area contributed by atoms with Crippen molar-refractivity contribution in [1.82, 2.24) is 0 Å². The molecule has 0 aromatic rings. The summed E-state index contributed by atoms with van der Waals surface area (Å²) in [6.45, 7) is 2.02. The Morgan fingerprint density at radius 3 is 1.25 bits per heavy atom. The van der Waals surface area contributed by atoms with Crippen LogP contribution in [0.15, 0.2) is 0 Å². The van der Waals surface area contributed by atoms with E-state index < -0.39 is 0 Å². The predicted molar refractivity (Wildman–Crippen MR) is 51.5 cm³/mol. The van der Waals surface area contributed by atoms with Gasteiger partial charge in [0.2, 0.25) is 19.5 Å². The molecule has 0 spiro atoms. The third-order valence-electron chi connectivity index (χ3n) is 1.75. The summed E-state index contributed by atoms with van der Waals surface area (Å²) in [7, 11) is 1.60. The SMILES string of the molecule is C1CC[Si]OC1.C1CC[Si]OC1. The zero-order chi connectivity index (χ0) is 8.49. The zero-order valence-electron chi connectivity index (χ0n) is 7.47. The molecular weight excluding hydrogens is 184 g/mol.